The van der Waals surface area contributed by atoms with Crippen LogP contribution in [0, 0.1) is 10.8 Å². The van der Waals surface area contributed by atoms with Gasteiger partial charge in [0.1, 0.15) is 10.8 Å². The molecule has 2 fully saturated rings. The van der Waals surface area contributed by atoms with E-state index in [0.29, 0.717) is 9.21 Å². The number of halogens is 1. The number of carboxylic acid groups (broad SMARTS) is 2. The number of hydrogen-bond acceptors (Lipinski definition) is 4. The van der Waals surface area contributed by atoms with Gasteiger partial charge in [0, 0.05) is 13.1 Å². The second-order valence-electron chi connectivity index (χ2n) is 5.22. The number of carboxylic acids is 2. The Bertz CT molecular complexity index is 616. The van der Waals surface area contributed by atoms with Crippen molar-refractivity contribution in [3.8, 4) is 0 Å². The molecular weight excluding hydrogens is 306 g/mol. The van der Waals surface area contributed by atoms with Gasteiger partial charge in [-0.2, -0.15) is 0 Å². The van der Waals surface area contributed by atoms with E-state index in [9.17, 15) is 24.6 Å². The summed E-state index contributed by atoms with van der Waals surface area (Å²) in [6, 6.07) is 3.14. The van der Waals surface area contributed by atoms with Crippen LogP contribution < -0.4 is 0 Å². The fraction of sp³-hybridized carbons (Fsp3) is 0.417. The Morgan fingerprint density at radius 1 is 1.15 bits per heavy atom. The number of carbonyl (C=O) groups is 3. The average molecular weight is 316 g/mol. The van der Waals surface area contributed by atoms with Crippen molar-refractivity contribution in [2.24, 2.45) is 10.8 Å². The molecule has 106 valence electrons. The van der Waals surface area contributed by atoms with Crippen molar-refractivity contribution in [2.75, 3.05) is 13.1 Å². The zero-order valence-corrected chi connectivity index (χ0v) is 11.7. The molecule has 0 bridgehead atoms. The zero-order valence-electron chi connectivity index (χ0n) is 10.1. The van der Waals surface area contributed by atoms with E-state index in [1.54, 1.807) is 12.1 Å². The highest BCUT2D eigenvalue weighted by molar-refractivity contribution is 7.17. The Hall–Kier alpha value is -1.60. The molecule has 2 N–H and O–H groups in total. The van der Waals surface area contributed by atoms with Crippen LogP contribution >= 0.6 is 22.9 Å². The molecule has 2 heterocycles. The first kappa shape index (κ1) is 13.4. The van der Waals surface area contributed by atoms with Crippen LogP contribution in [0.15, 0.2) is 12.1 Å². The zero-order chi connectivity index (χ0) is 14.7. The van der Waals surface area contributed by atoms with E-state index in [1.807, 2.05) is 0 Å². The first-order valence-corrected chi connectivity index (χ1v) is 7.03. The summed E-state index contributed by atoms with van der Waals surface area (Å²) in [5.74, 6) is -2.67. The number of nitrogens with zero attached hydrogens (tertiary/aromatic N) is 1. The molecule has 1 saturated carbocycles. The molecule has 1 amide bonds. The largest absolute Gasteiger partial charge is 0.481 e. The standard InChI is InChI=1S/C12H10ClNO5S/c13-7-2-1-6(20-7)8(15)14-4-11(9(16)17)3-12(11,5-14)10(18)19/h1-2H,3-5H2,(H,16,17)(H,18,19)/t11-,12+. The maximum Gasteiger partial charge on any atom is 0.312 e. The van der Waals surface area contributed by atoms with Crippen LogP contribution in [0.1, 0.15) is 16.1 Å². The number of likely N-dealkylation sites (tertiary alicyclic amines) is 1. The minimum Gasteiger partial charge on any atom is -0.481 e. The van der Waals surface area contributed by atoms with E-state index < -0.39 is 22.8 Å². The lowest BCUT2D eigenvalue weighted by atomic mass is 9.97. The number of fused-ring (bicyclic) bond motifs is 1. The van der Waals surface area contributed by atoms with E-state index in [2.05, 4.69) is 0 Å². The first-order valence-electron chi connectivity index (χ1n) is 5.84. The lowest BCUT2D eigenvalue weighted by Gasteiger charge is -2.19. The Balaban J connectivity index is 1.88. The van der Waals surface area contributed by atoms with Gasteiger partial charge in [0.15, 0.2) is 0 Å². The van der Waals surface area contributed by atoms with Crippen LogP contribution in [0.25, 0.3) is 0 Å². The Kier molecular flexibility index (Phi) is 2.65. The molecular formula is C12H10ClNO5S. The lowest BCUT2D eigenvalue weighted by molar-refractivity contribution is -0.151. The molecule has 6 nitrogen and oxygen atoms in total. The van der Waals surface area contributed by atoms with Gasteiger partial charge in [-0.1, -0.05) is 11.6 Å². The van der Waals surface area contributed by atoms with Gasteiger partial charge in [0.05, 0.1) is 9.21 Å². The van der Waals surface area contributed by atoms with Gasteiger partial charge < -0.3 is 15.1 Å². The summed E-state index contributed by atoms with van der Waals surface area (Å²) in [5.41, 5.74) is -2.68. The SMILES string of the molecule is O=C(c1ccc(Cl)s1)N1C[C@@]2(C(=O)O)C[C@@]2(C(=O)O)C1. The lowest BCUT2D eigenvalue weighted by Crippen LogP contribution is -2.34. The second-order valence-corrected chi connectivity index (χ2v) is 6.93. The number of piperidine rings is 1. The van der Waals surface area contributed by atoms with Crippen LogP contribution in [0.3, 0.4) is 0 Å². The van der Waals surface area contributed by atoms with Gasteiger partial charge in [-0.25, -0.2) is 0 Å². The predicted octanol–water partition coefficient (Wildman–Crippen LogP) is 1.40. The van der Waals surface area contributed by atoms with Crippen LogP contribution in [0.2, 0.25) is 4.34 Å². The van der Waals surface area contributed by atoms with Gasteiger partial charge in [-0.05, 0) is 18.6 Å². The summed E-state index contributed by atoms with van der Waals surface area (Å²) in [5, 5.41) is 18.6. The highest BCUT2D eigenvalue weighted by Crippen LogP contribution is 2.68. The minimum atomic E-state index is -1.34. The number of hydrogen-bond donors (Lipinski definition) is 2. The molecule has 1 aromatic heterocycles. The summed E-state index contributed by atoms with van der Waals surface area (Å²) in [7, 11) is 0. The van der Waals surface area contributed by atoms with Crippen LogP contribution in [0.4, 0.5) is 0 Å². The van der Waals surface area contributed by atoms with Crippen molar-refractivity contribution >= 4 is 40.8 Å². The quantitative estimate of drug-likeness (QED) is 0.879. The fourth-order valence-corrected chi connectivity index (χ4v) is 4.03. The predicted molar refractivity (Wildman–Crippen MR) is 70.0 cm³/mol. The third kappa shape index (κ3) is 1.53. The van der Waals surface area contributed by atoms with E-state index in [-0.39, 0.29) is 25.4 Å². The molecule has 1 saturated heterocycles. The summed E-state index contributed by atoms with van der Waals surface area (Å²) < 4.78 is 0.457. The Morgan fingerprint density at radius 3 is 2.10 bits per heavy atom. The van der Waals surface area contributed by atoms with Crippen LogP contribution in [-0.4, -0.2) is 46.0 Å². The van der Waals surface area contributed by atoms with Gasteiger partial charge in [-0.15, -0.1) is 11.3 Å². The molecule has 1 aromatic rings. The van der Waals surface area contributed by atoms with Crippen molar-refractivity contribution in [3.63, 3.8) is 0 Å². The van der Waals surface area contributed by atoms with Gasteiger partial charge in [0.2, 0.25) is 0 Å². The molecule has 0 radical (unpaired) electrons. The van der Waals surface area contributed by atoms with Gasteiger partial charge >= 0.3 is 11.9 Å². The first-order chi connectivity index (χ1) is 9.32. The summed E-state index contributed by atoms with van der Waals surface area (Å²) >= 11 is 6.86. The van der Waals surface area contributed by atoms with E-state index in [1.165, 1.54) is 4.90 Å². The summed E-state index contributed by atoms with van der Waals surface area (Å²) in [6.45, 7) is -0.133. The van der Waals surface area contributed by atoms with Crippen molar-refractivity contribution < 1.29 is 24.6 Å². The monoisotopic (exact) mass is 315 g/mol. The number of aliphatic carboxylic acids is 2. The maximum atomic E-state index is 12.2. The molecule has 1 aliphatic carbocycles. The molecule has 0 aromatic carbocycles. The van der Waals surface area contributed by atoms with Crippen molar-refractivity contribution in [1.82, 2.24) is 4.90 Å². The molecule has 0 spiro atoms. The molecule has 1 aliphatic heterocycles. The van der Waals surface area contributed by atoms with E-state index in [0.717, 1.165) is 11.3 Å². The number of thiophene rings is 1. The van der Waals surface area contributed by atoms with Gasteiger partial charge in [0.25, 0.3) is 5.91 Å². The van der Waals surface area contributed by atoms with Crippen molar-refractivity contribution in [1.29, 1.82) is 0 Å². The minimum absolute atomic E-state index is 0.0665. The normalized spacial score (nSPS) is 30.9. The smallest absolute Gasteiger partial charge is 0.312 e. The molecule has 2 atom stereocenters. The third-order valence-corrected chi connectivity index (χ3v) is 5.43. The molecule has 0 unspecified atom stereocenters. The molecule has 3 rings (SSSR count). The van der Waals surface area contributed by atoms with Crippen LogP contribution in [0.5, 0.6) is 0 Å². The molecule has 20 heavy (non-hydrogen) atoms. The van der Waals surface area contributed by atoms with Gasteiger partial charge in [-0.3, -0.25) is 14.4 Å². The highest BCUT2D eigenvalue weighted by atomic mass is 35.5. The summed E-state index contributed by atoms with van der Waals surface area (Å²) in [6.07, 6.45) is 0.0830. The second kappa shape index (κ2) is 3.95. The van der Waals surface area contributed by atoms with Crippen molar-refractivity contribution in [2.45, 2.75) is 6.42 Å². The fourth-order valence-electron chi connectivity index (χ4n) is 3.02. The molecule has 8 heteroatoms. The molecule has 2 aliphatic rings. The Labute approximate surface area is 122 Å². The number of carbonyl (C=O) groups excluding carboxylic acids is 1. The third-order valence-electron chi connectivity index (χ3n) is 4.21. The van der Waals surface area contributed by atoms with Crippen molar-refractivity contribution in [3.05, 3.63) is 21.3 Å². The van der Waals surface area contributed by atoms with E-state index >= 15 is 0 Å². The maximum absolute atomic E-state index is 12.2. The summed E-state index contributed by atoms with van der Waals surface area (Å²) in [4.78, 5) is 36.7. The van der Waals surface area contributed by atoms with E-state index in [4.69, 9.17) is 11.6 Å². The highest BCUT2D eigenvalue weighted by Gasteiger charge is 2.81. The number of amides is 1. The Morgan fingerprint density at radius 2 is 1.70 bits per heavy atom. The van der Waals surface area contributed by atoms with Crippen LogP contribution in [-0.2, 0) is 9.59 Å². The topological polar surface area (TPSA) is 94.9 Å². The number of rotatable bonds is 3. The average Bonchev–Trinajstić information content (AvgIpc) is 2.71.